The minimum absolute atomic E-state index is 0.0737. The number of hydrogen-bond donors (Lipinski definition) is 1. The van der Waals surface area contributed by atoms with Crippen molar-refractivity contribution < 1.29 is 9.90 Å². The molecule has 1 saturated carbocycles. The highest BCUT2D eigenvalue weighted by Gasteiger charge is 2.41. The summed E-state index contributed by atoms with van der Waals surface area (Å²) >= 11 is 0. The van der Waals surface area contributed by atoms with E-state index in [1.807, 2.05) is 0 Å². The van der Waals surface area contributed by atoms with E-state index in [1.165, 1.54) is 19.3 Å². The van der Waals surface area contributed by atoms with Crippen molar-refractivity contribution in [3.8, 4) is 0 Å². The number of rotatable bonds is 3. The van der Waals surface area contributed by atoms with E-state index >= 15 is 0 Å². The standard InChI is InChI=1S/C16H29NO2/c1-3-16(13-18)9-11-17(12-10-16)14(19)15(2)7-5-4-6-8-15/h18H,3-13H2,1-2H3. The first-order valence-electron chi connectivity index (χ1n) is 7.95. The molecule has 0 radical (unpaired) electrons. The minimum Gasteiger partial charge on any atom is -0.396 e. The second-order valence-corrected chi connectivity index (χ2v) is 6.93. The Morgan fingerprint density at radius 2 is 1.68 bits per heavy atom. The fraction of sp³-hybridized carbons (Fsp3) is 0.938. The van der Waals surface area contributed by atoms with Crippen LogP contribution in [0.25, 0.3) is 0 Å². The highest BCUT2D eigenvalue weighted by atomic mass is 16.3. The molecule has 0 atom stereocenters. The van der Waals surface area contributed by atoms with Gasteiger partial charge in [0, 0.05) is 25.1 Å². The van der Waals surface area contributed by atoms with Gasteiger partial charge >= 0.3 is 0 Å². The molecule has 0 aromatic rings. The summed E-state index contributed by atoms with van der Waals surface area (Å²) in [6.45, 7) is 6.24. The van der Waals surface area contributed by atoms with Crippen LogP contribution in [0.3, 0.4) is 0 Å². The molecule has 110 valence electrons. The Morgan fingerprint density at radius 1 is 1.11 bits per heavy atom. The van der Waals surface area contributed by atoms with Crippen molar-refractivity contribution in [2.24, 2.45) is 10.8 Å². The van der Waals surface area contributed by atoms with Gasteiger partial charge in [-0.2, -0.15) is 0 Å². The molecule has 0 unspecified atom stereocenters. The van der Waals surface area contributed by atoms with Gasteiger partial charge in [-0.1, -0.05) is 33.1 Å². The SMILES string of the molecule is CCC1(CO)CCN(C(=O)C2(C)CCCCC2)CC1. The third-order valence-electron chi connectivity index (χ3n) is 5.67. The topological polar surface area (TPSA) is 40.5 Å². The summed E-state index contributed by atoms with van der Waals surface area (Å²) in [5.41, 5.74) is -0.0338. The van der Waals surface area contributed by atoms with Gasteiger partial charge in [-0.3, -0.25) is 4.79 Å². The highest BCUT2D eigenvalue weighted by Crippen LogP contribution is 2.40. The molecular weight excluding hydrogens is 238 g/mol. The Labute approximate surface area is 117 Å². The molecule has 1 saturated heterocycles. The van der Waals surface area contributed by atoms with Crippen molar-refractivity contribution >= 4 is 5.91 Å². The number of nitrogens with zero attached hydrogens (tertiary/aromatic N) is 1. The van der Waals surface area contributed by atoms with Gasteiger partial charge < -0.3 is 10.0 Å². The van der Waals surface area contributed by atoms with Gasteiger partial charge in [-0.05, 0) is 37.5 Å². The Kier molecular flexibility index (Phi) is 4.54. The lowest BCUT2D eigenvalue weighted by molar-refractivity contribution is -0.146. The maximum Gasteiger partial charge on any atom is 0.228 e. The lowest BCUT2D eigenvalue weighted by Crippen LogP contribution is -2.49. The molecule has 1 aliphatic carbocycles. The van der Waals surface area contributed by atoms with E-state index in [4.69, 9.17) is 0 Å². The van der Waals surface area contributed by atoms with Crippen LogP contribution in [0.15, 0.2) is 0 Å². The van der Waals surface area contributed by atoms with Crippen LogP contribution in [0, 0.1) is 10.8 Å². The number of aliphatic hydroxyl groups excluding tert-OH is 1. The van der Waals surface area contributed by atoms with Crippen LogP contribution < -0.4 is 0 Å². The predicted octanol–water partition coefficient (Wildman–Crippen LogP) is 2.97. The van der Waals surface area contributed by atoms with Crippen LogP contribution in [0.2, 0.25) is 0 Å². The molecule has 2 aliphatic rings. The van der Waals surface area contributed by atoms with E-state index in [0.29, 0.717) is 5.91 Å². The fourth-order valence-electron chi connectivity index (χ4n) is 3.74. The summed E-state index contributed by atoms with van der Waals surface area (Å²) < 4.78 is 0. The van der Waals surface area contributed by atoms with Crippen LogP contribution in [-0.2, 0) is 4.79 Å². The van der Waals surface area contributed by atoms with E-state index in [2.05, 4.69) is 18.7 Å². The van der Waals surface area contributed by atoms with E-state index in [1.54, 1.807) is 0 Å². The third-order valence-corrected chi connectivity index (χ3v) is 5.67. The van der Waals surface area contributed by atoms with Crippen molar-refractivity contribution in [3.63, 3.8) is 0 Å². The van der Waals surface area contributed by atoms with Gasteiger partial charge in [-0.15, -0.1) is 0 Å². The third kappa shape index (κ3) is 2.96. The number of likely N-dealkylation sites (tertiary alicyclic amines) is 1. The average molecular weight is 267 g/mol. The number of carbonyl (C=O) groups excluding carboxylic acids is 1. The monoisotopic (exact) mass is 267 g/mol. The van der Waals surface area contributed by atoms with Crippen LogP contribution in [0.5, 0.6) is 0 Å². The molecule has 0 aromatic heterocycles. The van der Waals surface area contributed by atoms with Crippen LogP contribution in [0.4, 0.5) is 0 Å². The molecule has 1 amide bonds. The van der Waals surface area contributed by atoms with E-state index in [9.17, 15) is 9.90 Å². The molecule has 2 fully saturated rings. The molecule has 2 rings (SSSR count). The second kappa shape index (κ2) is 5.82. The van der Waals surface area contributed by atoms with Gasteiger partial charge in [0.2, 0.25) is 5.91 Å². The summed E-state index contributed by atoms with van der Waals surface area (Å²) in [5, 5.41) is 9.56. The number of hydrogen-bond acceptors (Lipinski definition) is 2. The molecule has 1 aliphatic heterocycles. The Hall–Kier alpha value is -0.570. The maximum atomic E-state index is 12.7. The van der Waals surface area contributed by atoms with E-state index in [-0.39, 0.29) is 17.4 Å². The van der Waals surface area contributed by atoms with E-state index < -0.39 is 0 Å². The normalized spacial score (nSPS) is 26.2. The van der Waals surface area contributed by atoms with Gasteiger partial charge in [0.05, 0.1) is 0 Å². The van der Waals surface area contributed by atoms with Crippen LogP contribution in [-0.4, -0.2) is 35.6 Å². The summed E-state index contributed by atoms with van der Waals surface area (Å²) in [7, 11) is 0. The molecule has 3 nitrogen and oxygen atoms in total. The minimum atomic E-state index is -0.107. The first-order chi connectivity index (χ1) is 9.05. The van der Waals surface area contributed by atoms with Crippen molar-refractivity contribution in [3.05, 3.63) is 0 Å². The summed E-state index contributed by atoms with van der Waals surface area (Å²) in [6, 6.07) is 0. The Balaban J connectivity index is 1.95. The molecule has 0 bridgehead atoms. The maximum absolute atomic E-state index is 12.7. The molecule has 1 N–H and O–H groups in total. The van der Waals surface area contributed by atoms with Crippen molar-refractivity contribution in [2.75, 3.05) is 19.7 Å². The summed E-state index contributed by atoms with van der Waals surface area (Å²) in [5.74, 6) is 0.370. The second-order valence-electron chi connectivity index (χ2n) is 6.93. The molecule has 19 heavy (non-hydrogen) atoms. The van der Waals surface area contributed by atoms with Crippen molar-refractivity contribution in [1.29, 1.82) is 0 Å². The van der Waals surface area contributed by atoms with Crippen LogP contribution >= 0.6 is 0 Å². The van der Waals surface area contributed by atoms with E-state index in [0.717, 1.165) is 45.2 Å². The summed E-state index contributed by atoms with van der Waals surface area (Å²) in [4.78, 5) is 14.8. The van der Waals surface area contributed by atoms with Gasteiger partial charge in [0.15, 0.2) is 0 Å². The van der Waals surface area contributed by atoms with Crippen molar-refractivity contribution in [1.82, 2.24) is 4.90 Å². The van der Waals surface area contributed by atoms with Gasteiger partial charge in [0.25, 0.3) is 0 Å². The number of amides is 1. The fourth-order valence-corrected chi connectivity index (χ4v) is 3.74. The lowest BCUT2D eigenvalue weighted by Gasteiger charge is -2.44. The highest BCUT2D eigenvalue weighted by molar-refractivity contribution is 5.82. The smallest absolute Gasteiger partial charge is 0.228 e. The predicted molar refractivity (Wildman–Crippen MR) is 76.8 cm³/mol. The molecular formula is C16H29NO2. The van der Waals surface area contributed by atoms with Gasteiger partial charge in [-0.25, -0.2) is 0 Å². The zero-order chi connectivity index (χ0) is 13.9. The quantitative estimate of drug-likeness (QED) is 0.854. The first kappa shape index (κ1) is 14.8. The average Bonchev–Trinajstić information content (AvgIpc) is 2.47. The number of carbonyl (C=O) groups is 1. The number of piperidine rings is 1. The molecule has 1 heterocycles. The molecule has 3 heteroatoms. The lowest BCUT2D eigenvalue weighted by atomic mass is 9.73. The zero-order valence-electron chi connectivity index (χ0n) is 12.6. The van der Waals surface area contributed by atoms with Crippen molar-refractivity contribution in [2.45, 2.75) is 65.2 Å². The summed E-state index contributed by atoms with van der Waals surface area (Å²) in [6.07, 6.45) is 8.73. The van der Waals surface area contributed by atoms with Crippen LogP contribution in [0.1, 0.15) is 65.2 Å². The zero-order valence-corrected chi connectivity index (χ0v) is 12.6. The Bertz CT molecular complexity index is 307. The molecule has 0 spiro atoms. The molecule has 0 aromatic carbocycles. The van der Waals surface area contributed by atoms with Gasteiger partial charge in [0.1, 0.15) is 0 Å². The largest absolute Gasteiger partial charge is 0.396 e. The Morgan fingerprint density at radius 3 is 2.16 bits per heavy atom. The first-order valence-corrected chi connectivity index (χ1v) is 7.95. The number of aliphatic hydroxyl groups is 1.